The Hall–Kier alpha value is -1.13. The molecule has 0 radical (unpaired) electrons. The predicted octanol–water partition coefficient (Wildman–Crippen LogP) is 1.10. The van der Waals surface area contributed by atoms with E-state index in [1.165, 1.54) is 0 Å². The Balaban J connectivity index is 4.04. The summed E-state index contributed by atoms with van der Waals surface area (Å²) in [4.78, 5) is 10.4. The van der Waals surface area contributed by atoms with Crippen LogP contribution < -0.4 is 4.72 Å². The topological polar surface area (TPSA) is 107 Å². The largest absolute Gasteiger partial charge is 0.481 e. The fourth-order valence-electron chi connectivity index (χ4n) is 1.44. The van der Waals surface area contributed by atoms with Crippen molar-refractivity contribution in [3.8, 4) is 6.07 Å². The van der Waals surface area contributed by atoms with E-state index in [0.717, 1.165) is 0 Å². The van der Waals surface area contributed by atoms with Crippen molar-refractivity contribution in [1.29, 1.82) is 5.26 Å². The van der Waals surface area contributed by atoms with Crippen molar-refractivity contribution < 1.29 is 18.3 Å². The Morgan fingerprint density at radius 3 is 2.50 bits per heavy atom. The minimum Gasteiger partial charge on any atom is -0.481 e. The molecule has 2 N–H and O–H groups in total. The quantitative estimate of drug-likeness (QED) is 0.655. The highest BCUT2D eigenvalue weighted by atomic mass is 32.2. The average Bonchev–Trinajstić information content (AvgIpc) is 2.27. The van der Waals surface area contributed by atoms with Gasteiger partial charge in [-0.1, -0.05) is 13.8 Å². The molecule has 0 spiro atoms. The third kappa shape index (κ3) is 6.57. The van der Waals surface area contributed by atoms with Crippen LogP contribution in [-0.2, 0) is 14.8 Å². The minimum absolute atomic E-state index is 0.0870. The number of carboxylic acids is 1. The van der Waals surface area contributed by atoms with Crippen LogP contribution in [0.5, 0.6) is 0 Å². The van der Waals surface area contributed by atoms with Gasteiger partial charge in [-0.3, -0.25) is 4.79 Å². The number of aliphatic carboxylic acids is 1. The molecule has 0 aliphatic carbocycles. The number of hydrogen-bond acceptors (Lipinski definition) is 4. The molecular weight excluding hydrogens is 256 g/mol. The molecule has 7 heteroatoms. The molecule has 0 bridgehead atoms. The van der Waals surface area contributed by atoms with Crippen LogP contribution in [0, 0.1) is 17.2 Å². The summed E-state index contributed by atoms with van der Waals surface area (Å²) in [6.45, 7) is 3.75. The third-order valence-electron chi connectivity index (χ3n) is 2.68. The normalized spacial score (nSPS) is 14.7. The minimum atomic E-state index is -3.58. The molecule has 0 aromatic carbocycles. The van der Waals surface area contributed by atoms with E-state index in [2.05, 4.69) is 4.72 Å². The van der Waals surface area contributed by atoms with E-state index in [4.69, 9.17) is 10.4 Å². The number of carboxylic acid groups (broad SMARTS) is 1. The monoisotopic (exact) mass is 276 g/mol. The number of rotatable bonds is 9. The van der Waals surface area contributed by atoms with E-state index in [1.54, 1.807) is 13.0 Å². The highest BCUT2D eigenvalue weighted by Gasteiger charge is 2.22. The number of hydrogen-bond donors (Lipinski definition) is 2. The second-order valence-corrected chi connectivity index (χ2v) is 6.24. The molecule has 6 nitrogen and oxygen atoms in total. The van der Waals surface area contributed by atoms with Crippen LogP contribution in [-0.4, -0.2) is 31.3 Å². The predicted molar refractivity (Wildman–Crippen MR) is 67.3 cm³/mol. The highest BCUT2D eigenvalue weighted by Crippen LogP contribution is 2.10. The molecule has 0 saturated heterocycles. The van der Waals surface area contributed by atoms with Crippen molar-refractivity contribution in [2.75, 3.05) is 6.54 Å². The van der Waals surface area contributed by atoms with Gasteiger partial charge in [-0.25, -0.2) is 13.1 Å². The Morgan fingerprint density at radius 2 is 2.06 bits per heavy atom. The molecule has 0 aromatic heterocycles. The fourth-order valence-corrected chi connectivity index (χ4v) is 2.62. The van der Waals surface area contributed by atoms with Crippen LogP contribution in [0.25, 0.3) is 0 Å². The van der Waals surface area contributed by atoms with Crippen LogP contribution in [0.3, 0.4) is 0 Å². The second kappa shape index (κ2) is 8.06. The summed E-state index contributed by atoms with van der Waals surface area (Å²) in [5.41, 5.74) is 0. The molecule has 0 aromatic rings. The van der Waals surface area contributed by atoms with Crippen molar-refractivity contribution in [2.24, 2.45) is 5.92 Å². The lowest BCUT2D eigenvalue weighted by Gasteiger charge is -2.13. The first-order chi connectivity index (χ1) is 8.33. The van der Waals surface area contributed by atoms with Gasteiger partial charge < -0.3 is 5.11 Å². The van der Waals surface area contributed by atoms with Crippen molar-refractivity contribution in [2.45, 2.75) is 44.8 Å². The lowest BCUT2D eigenvalue weighted by Crippen LogP contribution is -2.34. The highest BCUT2D eigenvalue weighted by molar-refractivity contribution is 7.90. The Labute approximate surface area is 108 Å². The summed E-state index contributed by atoms with van der Waals surface area (Å²) in [5, 5.41) is 16.2. The average molecular weight is 276 g/mol. The molecule has 0 fully saturated rings. The molecule has 0 rings (SSSR count). The summed E-state index contributed by atoms with van der Waals surface area (Å²) < 4.78 is 25.6. The van der Waals surface area contributed by atoms with Crippen molar-refractivity contribution in [3.05, 3.63) is 0 Å². The van der Waals surface area contributed by atoms with Crippen molar-refractivity contribution in [3.63, 3.8) is 0 Å². The van der Waals surface area contributed by atoms with Gasteiger partial charge in [0.05, 0.1) is 6.07 Å². The lowest BCUT2D eigenvalue weighted by atomic mass is 10.0. The first kappa shape index (κ1) is 16.9. The maximum Gasteiger partial charge on any atom is 0.303 e. The van der Waals surface area contributed by atoms with Crippen LogP contribution in [0.4, 0.5) is 0 Å². The van der Waals surface area contributed by atoms with E-state index < -0.39 is 21.2 Å². The number of sulfonamides is 1. The van der Waals surface area contributed by atoms with E-state index in [1.807, 2.05) is 6.92 Å². The lowest BCUT2D eigenvalue weighted by molar-refractivity contribution is -0.137. The Kier molecular flexibility index (Phi) is 7.55. The summed E-state index contributed by atoms with van der Waals surface area (Å²) >= 11 is 0. The Morgan fingerprint density at radius 1 is 1.44 bits per heavy atom. The zero-order valence-corrected chi connectivity index (χ0v) is 11.5. The van der Waals surface area contributed by atoms with Gasteiger partial charge in [-0.15, -0.1) is 0 Å². The van der Waals surface area contributed by atoms with Gasteiger partial charge in [-0.2, -0.15) is 5.26 Å². The van der Waals surface area contributed by atoms with E-state index in [0.29, 0.717) is 12.8 Å². The SMILES string of the molecule is CCC(C#N)S(=O)(=O)NCCC(C)CCC(=O)O. The maximum atomic E-state index is 11.6. The zero-order chi connectivity index (χ0) is 14.2. The van der Waals surface area contributed by atoms with Crippen LogP contribution in [0.1, 0.15) is 39.5 Å². The summed E-state index contributed by atoms with van der Waals surface area (Å²) in [6.07, 6.45) is 1.42. The molecule has 0 heterocycles. The maximum absolute atomic E-state index is 11.6. The second-order valence-electron chi connectivity index (χ2n) is 4.29. The molecule has 0 amide bonds. The summed E-state index contributed by atoms with van der Waals surface area (Å²) in [7, 11) is -3.58. The number of nitriles is 1. The zero-order valence-electron chi connectivity index (χ0n) is 10.7. The number of nitrogens with one attached hydrogen (secondary N) is 1. The van der Waals surface area contributed by atoms with Gasteiger partial charge in [-0.05, 0) is 25.2 Å². The van der Waals surface area contributed by atoms with E-state index in [-0.39, 0.29) is 25.3 Å². The van der Waals surface area contributed by atoms with Crippen molar-refractivity contribution >= 4 is 16.0 Å². The van der Waals surface area contributed by atoms with Crippen LogP contribution in [0.2, 0.25) is 0 Å². The molecule has 0 aliphatic heterocycles. The molecule has 2 unspecified atom stereocenters. The van der Waals surface area contributed by atoms with Gasteiger partial charge in [0.1, 0.15) is 0 Å². The molecule has 0 saturated carbocycles. The molecule has 104 valence electrons. The number of carbonyl (C=O) groups is 1. The van der Waals surface area contributed by atoms with Gasteiger partial charge >= 0.3 is 5.97 Å². The number of nitrogens with zero attached hydrogens (tertiary/aromatic N) is 1. The van der Waals surface area contributed by atoms with Gasteiger partial charge in [0.25, 0.3) is 0 Å². The standard InChI is InChI=1S/C11H20N2O4S/c1-3-10(8-12)18(16,17)13-7-6-9(2)4-5-11(14)15/h9-10,13H,3-7H2,1-2H3,(H,14,15). The first-order valence-electron chi connectivity index (χ1n) is 5.93. The fraction of sp³-hybridized carbons (Fsp3) is 0.818. The van der Waals surface area contributed by atoms with E-state index in [9.17, 15) is 13.2 Å². The smallest absolute Gasteiger partial charge is 0.303 e. The van der Waals surface area contributed by atoms with Crippen LogP contribution in [0.15, 0.2) is 0 Å². The molecular formula is C11H20N2O4S. The Bertz CT molecular complexity index is 400. The van der Waals surface area contributed by atoms with Crippen LogP contribution >= 0.6 is 0 Å². The van der Waals surface area contributed by atoms with Gasteiger partial charge in [0.2, 0.25) is 10.0 Å². The summed E-state index contributed by atoms with van der Waals surface area (Å²) in [6, 6.07) is 1.74. The van der Waals surface area contributed by atoms with Gasteiger partial charge in [0.15, 0.2) is 5.25 Å². The van der Waals surface area contributed by atoms with Gasteiger partial charge in [0, 0.05) is 13.0 Å². The van der Waals surface area contributed by atoms with Crippen molar-refractivity contribution in [1.82, 2.24) is 4.72 Å². The molecule has 0 aliphatic rings. The third-order valence-corrected chi connectivity index (χ3v) is 4.48. The molecule has 18 heavy (non-hydrogen) atoms. The molecule has 2 atom stereocenters. The van der Waals surface area contributed by atoms with E-state index >= 15 is 0 Å². The first-order valence-corrected chi connectivity index (χ1v) is 7.48. The summed E-state index contributed by atoms with van der Waals surface area (Å²) in [5.74, 6) is -0.719.